The molecule has 1 aromatic carbocycles. The lowest BCUT2D eigenvalue weighted by Gasteiger charge is -2.03. The minimum absolute atomic E-state index is 0.245. The van der Waals surface area contributed by atoms with E-state index in [0.29, 0.717) is 6.42 Å². The molecule has 4 heteroatoms. The van der Waals surface area contributed by atoms with Crippen LogP contribution in [0.1, 0.15) is 29.4 Å². The molecule has 0 aliphatic rings. The summed E-state index contributed by atoms with van der Waals surface area (Å²) in [6.07, 6.45) is 2.22. The van der Waals surface area contributed by atoms with Crippen molar-refractivity contribution in [3.05, 3.63) is 66.0 Å². The number of carbonyl (C=O) groups excluding carboxylic acids is 1. The highest BCUT2D eigenvalue weighted by Crippen LogP contribution is 2.06. The minimum atomic E-state index is -0.553. The normalized spacial score (nSPS) is 11.1. The molecule has 0 spiro atoms. The van der Waals surface area contributed by atoms with Gasteiger partial charge in [-0.25, -0.2) is 9.78 Å². The van der Waals surface area contributed by atoms with Gasteiger partial charge in [-0.05, 0) is 24.1 Å². The predicted molar refractivity (Wildman–Crippen MR) is 72.9 cm³/mol. The zero-order chi connectivity index (χ0) is 13.5. The second-order valence-corrected chi connectivity index (χ2v) is 3.85. The third kappa shape index (κ3) is 3.48. The largest absolute Gasteiger partial charge is 0.383 e. The van der Waals surface area contributed by atoms with E-state index >= 15 is 0 Å². The number of benzene rings is 1. The molecule has 0 aliphatic carbocycles. The summed E-state index contributed by atoms with van der Waals surface area (Å²) >= 11 is 0. The van der Waals surface area contributed by atoms with E-state index < -0.39 is 5.97 Å². The number of rotatable bonds is 4. The lowest BCUT2D eigenvalue weighted by Crippen LogP contribution is -2.06. The van der Waals surface area contributed by atoms with Gasteiger partial charge in [-0.2, -0.15) is 0 Å². The van der Waals surface area contributed by atoms with Crippen molar-refractivity contribution in [2.45, 2.75) is 13.3 Å². The molecule has 1 heterocycles. The van der Waals surface area contributed by atoms with Crippen molar-refractivity contribution in [3.63, 3.8) is 0 Å². The van der Waals surface area contributed by atoms with Crippen LogP contribution >= 0.6 is 0 Å². The highest BCUT2D eigenvalue weighted by molar-refractivity contribution is 6.00. The highest BCUT2D eigenvalue weighted by atomic mass is 16.7. The quantitative estimate of drug-likeness (QED) is 0.478. The van der Waals surface area contributed by atoms with E-state index in [1.165, 1.54) is 6.20 Å². The van der Waals surface area contributed by atoms with Gasteiger partial charge in [-0.15, -0.1) is 0 Å². The first-order valence-electron chi connectivity index (χ1n) is 6.06. The van der Waals surface area contributed by atoms with Crippen LogP contribution < -0.4 is 0 Å². The van der Waals surface area contributed by atoms with Crippen LogP contribution in [0.4, 0.5) is 0 Å². The summed E-state index contributed by atoms with van der Waals surface area (Å²) in [4.78, 5) is 20.5. The summed E-state index contributed by atoms with van der Waals surface area (Å²) in [7, 11) is 0. The van der Waals surface area contributed by atoms with E-state index in [2.05, 4.69) is 10.1 Å². The van der Waals surface area contributed by atoms with Gasteiger partial charge in [0.25, 0.3) is 0 Å². The van der Waals surface area contributed by atoms with Crippen LogP contribution in [0.5, 0.6) is 0 Å². The third-order valence-corrected chi connectivity index (χ3v) is 2.55. The standard InChI is InChI=1S/C15H14N2O2/c1-2-13(12-8-4-3-5-9-12)17-19-15(18)14-10-6-7-11-16-14/h3-11H,2H2,1H3/b17-13+. The van der Waals surface area contributed by atoms with Crippen LogP contribution in [0.25, 0.3) is 0 Å². The Labute approximate surface area is 111 Å². The molecule has 2 aromatic rings. The number of carbonyl (C=O) groups is 1. The summed E-state index contributed by atoms with van der Waals surface area (Å²) in [5, 5.41) is 3.92. The zero-order valence-electron chi connectivity index (χ0n) is 10.6. The molecule has 0 saturated heterocycles. The lowest BCUT2D eigenvalue weighted by atomic mass is 10.1. The second-order valence-electron chi connectivity index (χ2n) is 3.85. The van der Waals surface area contributed by atoms with Crippen molar-refractivity contribution in [2.75, 3.05) is 0 Å². The molecule has 0 amide bonds. The van der Waals surface area contributed by atoms with E-state index in [-0.39, 0.29) is 5.69 Å². The van der Waals surface area contributed by atoms with Crippen molar-refractivity contribution in [1.82, 2.24) is 4.98 Å². The van der Waals surface area contributed by atoms with Gasteiger partial charge in [0.05, 0.1) is 5.71 Å². The predicted octanol–water partition coefficient (Wildman–Crippen LogP) is 3.05. The molecule has 1 aromatic heterocycles. The van der Waals surface area contributed by atoms with E-state index in [4.69, 9.17) is 4.84 Å². The van der Waals surface area contributed by atoms with Crippen LogP contribution in [0.15, 0.2) is 59.9 Å². The average molecular weight is 254 g/mol. The fourth-order valence-electron chi connectivity index (χ4n) is 1.58. The van der Waals surface area contributed by atoms with E-state index in [0.717, 1.165) is 11.3 Å². The lowest BCUT2D eigenvalue weighted by molar-refractivity contribution is 0.0509. The number of oxime groups is 1. The fourth-order valence-corrected chi connectivity index (χ4v) is 1.58. The monoisotopic (exact) mass is 254 g/mol. The highest BCUT2D eigenvalue weighted by Gasteiger charge is 2.09. The molecule has 0 saturated carbocycles. The van der Waals surface area contributed by atoms with Crippen LogP contribution in [0, 0.1) is 0 Å². The molecule has 0 unspecified atom stereocenters. The van der Waals surface area contributed by atoms with E-state index in [9.17, 15) is 4.79 Å². The molecule has 0 N–H and O–H groups in total. The Morgan fingerprint density at radius 3 is 2.53 bits per heavy atom. The first kappa shape index (κ1) is 13.0. The topological polar surface area (TPSA) is 51.5 Å². The number of aromatic nitrogens is 1. The van der Waals surface area contributed by atoms with Gasteiger partial charge in [0.2, 0.25) is 0 Å². The molecule has 2 rings (SSSR count). The molecule has 0 bridgehead atoms. The van der Waals surface area contributed by atoms with Gasteiger partial charge in [-0.3, -0.25) is 0 Å². The summed E-state index contributed by atoms with van der Waals surface area (Å²) in [5.41, 5.74) is 1.92. The molecule has 4 nitrogen and oxygen atoms in total. The van der Waals surface area contributed by atoms with Gasteiger partial charge in [-0.1, -0.05) is 48.5 Å². The number of nitrogens with zero attached hydrogens (tertiary/aromatic N) is 2. The summed E-state index contributed by atoms with van der Waals surface area (Å²) in [5.74, 6) is -0.553. The Kier molecular flexibility index (Phi) is 4.39. The summed E-state index contributed by atoms with van der Waals surface area (Å²) in [6.45, 7) is 1.96. The van der Waals surface area contributed by atoms with E-state index in [1.807, 2.05) is 37.3 Å². The maximum atomic E-state index is 11.7. The maximum absolute atomic E-state index is 11.7. The fraction of sp³-hybridized carbons (Fsp3) is 0.133. The SMILES string of the molecule is CC/C(=N\OC(=O)c1ccccn1)c1ccccc1. The Balaban J connectivity index is 2.11. The zero-order valence-corrected chi connectivity index (χ0v) is 10.6. The Morgan fingerprint density at radius 2 is 1.89 bits per heavy atom. The van der Waals surface area contributed by atoms with Gasteiger partial charge in [0.1, 0.15) is 0 Å². The van der Waals surface area contributed by atoms with Crippen molar-refractivity contribution < 1.29 is 9.63 Å². The van der Waals surface area contributed by atoms with Gasteiger partial charge in [0, 0.05) is 6.20 Å². The van der Waals surface area contributed by atoms with Gasteiger partial charge >= 0.3 is 5.97 Å². The number of hydrogen-bond acceptors (Lipinski definition) is 4. The van der Waals surface area contributed by atoms with Crippen LogP contribution in [-0.2, 0) is 4.84 Å². The first-order chi connectivity index (χ1) is 9.31. The van der Waals surface area contributed by atoms with Crippen molar-refractivity contribution in [2.24, 2.45) is 5.16 Å². The van der Waals surface area contributed by atoms with Crippen molar-refractivity contribution in [1.29, 1.82) is 0 Å². The molecular formula is C15H14N2O2. The summed E-state index contributed by atoms with van der Waals surface area (Å²) in [6, 6.07) is 14.7. The van der Waals surface area contributed by atoms with Crippen LogP contribution in [-0.4, -0.2) is 16.7 Å². The number of pyridine rings is 1. The first-order valence-corrected chi connectivity index (χ1v) is 6.06. The minimum Gasteiger partial charge on any atom is -0.311 e. The molecule has 19 heavy (non-hydrogen) atoms. The van der Waals surface area contributed by atoms with Crippen molar-refractivity contribution >= 4 is 11.7 Å². The molecule has 0 aliphatic heterocycles. The third-order valence-electron chi connectivity index (χ3n) is 2.55. The van der Waals surface area contributed by atoms with E-state index in [1.54, 1.807) is 18.2 Å². The molecule has 0 radical (unpaired) electrons. The molecular weight excluding hydrogens is 240 g/mol. The molecule has 0 fully saturated rings. The Morgan fingerprint density at radius 1 is 1.16 bits per heavy atom. The second kappa shape index (κ2) is 6.44. The maximum Gasteiger partial charge on any atom is 0.383 e. The van der Waals surface area contributed by atoms with Crippen LogP contribution in [0.2, 0.25) is 0 Å². The molecule has 96 valence electrons. The smallest absolute Gasteiger partial charge is 0.311 e. The van der Waals surface area contributed by atoms with Gasteiger partial charge < -0.3 is 4.84 Å². The average Bonchev–Trinajstić information content (AvgIpc) is 2.49. The number of hydrogen-bond donors (Lipinski definition) is 0. The van der Waals surface area contributed by atoms with Gasteiger partial charge in [0.15, 0.2) is 5.69 Å². The Bertz CT molecular complexity index is 565. The van der Waals surface area contributed by atoms with Crippen molar-refractivity contribution in [3.8, 4) is 0 Å². The molecule has 0 atom stereocenters. The Hall–Kier alpha value is -2.49. The summed E-state index contributed by atoms with van der Waals surface area (Å²) < 4.78 is 0. The van der Waals surface area contributed by atoms with Crippen LogP contribution in [0.3, 0.4) is 0 Å².